The standard InChI is InChI=1S/C17H23N3O2/c1-19-10-4-3-6-13(19)9-11-20-12-18-14-7-5-8-15(22-2)16(14)17(20)21/h5,7-8,12-13H,3-4,6,9-11H2,1-2H3/t13-/m0/s1. The molecule has 0 spiro atoms. The molecule has 1 saturated heterocycles. The van der Waals surface area contributed by atoms with Crippen LogP contribution in [0.2, 0.25) is 0 Å². The van der Waals surface area contributed by atoms with E-state index in [9.17, 15) is 4.79 Å². The Morgan fingerprint density at radius 1 is 1.36 bits per heavy atom. The maximum atomic E-state index is 12.7. The van der Waals surface area contributed by atoms with Crippen molar-refractivity contribution in [1.29, 1.82) is 0 Å². The summed E-state index contributed by atoms with van der Waals surface area (Å²) in [6, 6.07) is 6.08. The lowest BCUT2D eigenvalue weighted by atomic mass is 10.0. The van der Waals surface area contributed by atoms with Crippen molar-refractivity contribution < 1.29 is 4.74 Å². The zero-order valence-corrected chi connectivity index (χ0v) is 13.3. The molecule has 0 amide bonds. The van der Waals surface area contributed by atoms with Gasteiger partial charge in [-0.25, -0.2) is 4.98 Å². The Labute approximate surface area is 130 Å². The van der Waals surface area contributed by atoms with Crippen LogP contribution in [0, 0.1) is 0 Å². The second kappa shape index (κ2) is 6.48. The quantitative estimate of drug-likeness (QED) is 0.869. The Kier molecular flexibility index (Phi) is 4.43. The Balaban J connectivity index is 1.85. The van der Waals surface area contributed by atoms with Crippen molar-refractivity contribution in [3.8, 4) is 5.75 Å². The SMILES string of the molecule is COc1cccc2ncn(CC[C@@H]3CCCCN3C)c(=O)c12. The number of fused-ring (bicyclic) bond motifs is 1. The molecular weight excluding hydrogens is 278 g/mol. The van der Waals surface area contributed by atoms with Crippen LogP contribution >= 0.6 is 0 Å². The molecule has 1 aliphatic rings. The minimum Gasteiger partial charge on any atom is -0.496 e. The minimum atomic E-state index is -0.0130. The highest BCUT2D eigenvalue weighted by Crippen LogP contribution is 2.21. The van der Waals surface area contributed by atoms with Crippen molar-refractivity contribution in [2.45, 2.75) is 38.3 Å². The number of hydrogen-bond acceptors (Lipinski definition) is 4. The van der Waals surface area contributed by atoms with Crippen molar-refractivity contribution in [3.05, 3.63) is 34.9 Å². The van der Waals surface area contributed by atoms with Crippen LogP contribution in [0.5, 0.6) is 5.75 Å². The third kappa shape index (κ3) is 2.86. The summed E-state index contributed by atoms with van der Waals surface area (Å²) in [6.45, 7) is 1.86. The third-order valence-electron chi connectivity index (χ3n) is 4.66. The molecule has 1 atom stereocenters. The molecule has 2 aromatic rings. The van der Waals surface area contributed by atoms with Gasteiger partial charge in [-0.05, 0) is 45.0 Å². The van der Waals surface area contributed by atoms with Crippen molar-refractivity contribution >= 4 is 10.9 Å². The Bertz CT molecular complexity index is 711. The summed E-state index contributed by atoms with van der Waals surface area (Å²) in [5.41, 5.74) is 0.677. The lowest BCUT2D eigenvalue weighted by Crippen LogP contribution is -2.37. The van der Waals surface area contributed by atoms with Gasteiger partial charge in [-0.3, -0.25) is 9.36 Å². The average molecular weight is 301 g/mol. The lowest BCUT2D eigenvalue weighted by Gasteiger charge is -2.32. The van der Waals surface area contributed by atoms with Crippen molar-refractivity contribution in [1.82, 2.24) is 14.5 Å². The molecule has 118 valence electrons. The number of nitrogens with zero attached hydrogens (tertiary/aromatic N) is 3. The van der Waals surface area contributed by atoms with Gasteiger partial charge in [0.05, 0.1) is 19.0 Å². The number of ether oxygens (including phenoxy) is 1. The van der Waals surface area contributed by atoms with Crippen LogP contribution in [0.3, 0.4) is 0 Å². The number of likely N-dealkylation sites (tertiary alicyclic amines) is 1. The van der Waals surface area contributed by atoms with Gasteiger partial charge in [0.2, 0.25) is 0 Å². The van der Waals surface area contributed by atoms with Gasteiger partial charge in [0.25, 0.3) is 5.56 Å². The van der Waals surface area contributed by atoms with E-state index in [1.807, 2.05) is 18.2 Å². The largest absolute Gasteiger partial charge is 0.496 e. The van der Waals surface area contributed by atoms with Gasteiger partial charge < -0.3 is 9.64 Å². The van der Waals surface area contributed by atoms with Gasteiger partial charge in [-0.15, -0.1) is 0 Å². The predicted molar refractivity (Wildman–Crippen MR) is 87.4 cm³/mol. The fourth-order valence-corrected chi connectivity index (χ4v) is 3.30. The second-order valence-corrected chi connectivity index (χ2v) is 6.02. The molecule has 22 heavy (non-hydrogen) atoms. The van der Waals surface area contributed by atoms with Crippen molar-refractivity contribution in [2.24, 2.45) is 0 Å². The molecule has 1 aromatic heterocycles. The van der Waals surface area contributed by atoms with Gasteiger partial charge in [0.1, 0.15) is 11.1 Å². The lowest BCUT2D eigenvalue weighted by molar-refractivity contribution is 0.170. The number of hydrogen-bond donors (Lipinski definition) is 0. The first-order valence-corrected chi connectivity index (χ1v) is 7.93. The normalized spacial score (nSPS) is 19.5. The summed E-state index contributed by atoms with van der Waals surface area (Å²) in [4.78, 5) is 19.5. The molecule has 0 radical (unpaired) electrons. The summed E-state index contributed by atoms with van der Waals surface area (Å²) in [6.07, 6.45) is 6.43. The van der Waals surface area contributed by atoms with E-state index in [2.05, 4.69) is 16.9 Å². The monoisotopic (exact) mass is 301 g/mol. The van der Waals surface area contributed by atoms with Gasteiger partial charge >= 0.3 is 0 Å². The molecule has 5 nitrogen and oxygen atoms in total. The smallest absolute Gasteiger partial charge is 0.264 e. The first kappa shape index (κ1) is 15.0. The van der Waals surface area contributed by atoms with Crippen LogP contribution in [0.15, 0.2) is 29.3 Å². The van der Waals surface area contributed by atoms with Crippen molar-refractivity contribution in [2.75, 3.05) is 20.7 Å². The maximum absolute atomic E-state index is 12.7. The molecule has 1 aromatic carbocycles. The van der Waals surface area contributed by atoms with Crippen molar-refractivity contribution in [3.63, 3.8) is 0 Å². The van der Waals surface area contributed by atoms with Gasteiger partial charge in [-0.1, -0.05) is 12.5 Å². The van der Waals surface area contributed by atoms with E-state index in [-0.39, 0.29) is 5.56 Å². The molecule has 2 heterocycles. The molecule has 0 saturated carbocycles. The summed E-state index contributed by atoms with van der Waals surface area (Å²) in [7, 11) is 3.76. The van der Waals surface area contributed by atoms with E-state index in [4.69, 9.17) is 4.74 Å². The Morgan fingerprint density at radius 3 is 3.00 bits per heavy atom. The summed E-state index contributed by atoms with van der Waals surface area (Å²) >= 11 is 0. The fraction of sp³-hybridized carbons (Fsp3) is 0.529. The number of rotatable bonds is 4. The molecule has 1 fully saturated rings. The minimum absolute atomic E-state index is 0.0130. The van der Waals surface area contributed by atoms with E-state index in [1.54, 1.807) is 18.0 Å². The van der Waals surface area contributed by atoms with Gasteiger partial charge in [0, 0.05) is 12.6 Å². The zero-order valence-electron chi connectivity index (χ0n) is 13.3. The van der Waals surface area contributed by atoms with E-state index in [0.717, 1.165) is 13.0 Å². The Morgan fingerprint density at radius 2 is 2.23 bits per heavy atom. The summed E-state index contributed by atoms with van der Waals surface area (Å²) < 4.78 is 7.03. The Hall–Kier alpha value is -1.88. The molecule has 3 rings (SSSR count). The maximum Gasteiger partial charge on any atom is 0.264 e. The van der Waals surface area contributed by atoms with E-state index < -0.39 is 0 Å². The first-order valence-electron chi connectivity index (χ1n) is 7.93. The van der Waals surface area contributed by atoms with Crippen LogP contribution < -0.4 is 10.3 Å². The highest BCUT2D eigenvalue weighted by Gasteiger charge is 2.19. The predicted octanol–water partition coefficient (Wildman–Crippen LogP) is 2.28. The van der Waals surface area contributed by atoms with Gasteiger partial charge in [0.15, 0.2) is 0 Å². The number of methoxy groups -OCH3 is 1. The average Bonchev–Trinajstić information content (AvgIpc) is 2.55. The molecule has 5 heteroatoms. The van der Waals surface area contributed by atoms with Crippen LogP contribution in [-0.4, -0.2) is 41.2 Å². The van der Waals surface area contributed by atoms with E-state index in [0.29, 0.717) is 29.2 Å². The molecule has 1 aliphatic heterocycles. The number of benzene rings is 1. The highest BCUT2D eigenvalue weighted by atomic mass is 16.5. The number of piperidine rings is 1. The van der Waals surface area contributed by atoms with Gasteiger partial charge in [-0.2, -0.15) is 0 Å². The molecule has 0 unspecified atom stereocenters. The summed E-state index contributed by atoms with van der Waals surface area (Å²) in [5, 5.41) is 0.574. The van der Waals surface area contributed by atoms with Crippen LogP contribution in [0.4, 0.5) is 0 Å². The molecular formula is C17H23N3O2. The topological polar surface area (TPSA) is 47.4 Å². The highest BCUT2D eigenvalue weighted by molar-refractivity contribution is 5.83. The molecule has 0 N–H and O–H groups in total. The number of aryl methyl sites for hydroxylation is 1. The third-order valence-corrected chi connectivity index (χ3v) is 4.66. The first-order chi connectivity index (χ1) is 10.7. The zero-order chi connectivity index (χ0) is 15.5. The van der Waals surface area contributed by atoms with Crippen LogP contribution in [0.1, 0.15) is 25.7 Å². The van der Waals surface area contributed by atoms with Crippen LogP contribution in [-0.2, 0) is 6.54 Å². The van der Waals surface area contributed by atoms with E-state index >= 15 is 0 Å². The van der Waals surface area contributed by atoms with Crippen LogP contribution in [0.25, 0.3) is 10.9 Å². The summed E-state index contributed by atoms with van der Waals surface area (Å²) in [5.74, 6) is 0.596. The molecule has 0 bridgehead atoms. The second-order valence-electron chi connectivity index (χ2n) is 6.02. The fourth-order valence-electron chi connectivity index (χ4n) is 3.30. The molecule has 0 aliphatic carbocycles. The van der Waals surface area contributed by atoms with E-state index in [1.165, 1.54) is 19.3 Å². The number of aromatic nitrogens is 2.